The van der Waals surface area contributed by atoms with Crippen molar-refractivity contribution in [1.29, 1.82) is 0 Å². The quantitative estimate of drug-likeness (QED) is 0.562. The van der Waals surface area contributed by atoms with Crippen molar-refractivity contribution < 1.29 is 14.3 Å². The van der Waals surface area contributed by atoms with E-state index in [9.17, 15) is 4.79 Å². The highest BCUT2D eigenvalue weighted by Gasteiger charge is 2.15. The molecule has 1 aromatic carbocycles. The Labute approximate surface area is 125 Å². The third-order valence-electron chi connectivity index (χ3n) is 3.13. The molecule has 1 unspecified atom stereocenters. The molecule has 5 heteroatoms. The van der Waals surface area contributed by atoms with Crippen molar-refractivity contribution >= 4 is 18.2 Å². The number of benzene rings is 1. The molecule has 1 amide bonds. The molecule has 0 aliphatic rings. The van der Waals surface area contributed by atoms with Gasteiger partial charge in [0.1, 0.15) is 11.5 Å². The van der Waals surface area contributed by atoms with Gasteiger partial charge in [0, 0.05) is 6.04 Å². The van der Waals surface area contributed by atoms with Gasteiger partial charge in [-0.3, -0.25) is 4.79 Å². The first-order chi connectivity index (χ1) is 9.69. The second-order valence-corrected chi connectivity index (χ2v) is 5.65. The highest BCUT2D eigenvalue weighted by Crippen LogP contribution is 2.36. The zero-order valence-electron chi connectivity index (χ0n) is 12.6. The summed E-state index contributed by atoms with van der Waals surface area (Å²) in [5.41, 5.74) is 1.05. The van der Waals surface area contributed by atoms with Crippen molar-refractivity contribution in [3.8, 4) is 11.5 Å². The summed E-state index contributed by atoms with van der Waals surface area (Å²) in [5, 5.41) is 2.83. The molecule has 0 heterocycles. The minimum absolute atomic E-state index is 0.107. The summed E-state index contributed by atoms with van der Waals surface area (Å²) in [6.45, 7) is 4.15. The Morgan fingerprint density at radius 1 is 1.25 bits per heavy atom. The van der Waals surface area contributed by atoms with Crippen molar-refractivity contribution in [1.82, 2.24) is 5.32 Å². The minimum Gasteiger partial charge on any atom is -0.496 e. The smallest absolute Gasteiger partial charge is 0.207 e. The highest BCUT2D eigenvalue weighted by atomic mass is 32.2. The number of amides is 1. The Morgan fingerprint density at radius 2 is 1.95 bits per heavy atom. The molecule has 0 bridgehead atoms. The van der Waals surface area contributed by atoms with Gasteiger partial charge >= 0.3 is 0 Å². The molecule has 0 fully saturated rings. The fraction of sp³-hybridized carbons (Fsp3) is 0.533. The Bertz CT molecular complexity index is 437. The van der Waals surface area contributed by atoms with Crippen LogP contribution in [0.5, 0.6) is 11.5 Å². The molecule has 4 nitrogen and oxygen atoms in total. The molecule has 0 aliphatic carbocycles. The Kier molecular flexibility index (Phi) is 7.30. The summed E-state index contributed by atoms with van der Waals surface area (Å²) >= 11 is 1.72. The van der Waals surface area contributed by atoms with Gasteiger partial charge in [0.2, 0.25) is 6.41 Å². The number of carbonyl (C=O) groups excluding carboxylic acids is 1. The third kappa shape index (κ3) is 4.34. The first-order valence-corrected chi connectivity index (χ1v) is 7.76. The first kappa shape index (κ1) is 16.7. The maximum Gasteiger partial charge on any atom is 0.207 e. The van der Waals surface area contributed by atoms with Crippen LogP contribution in [0.4, 0.5) is 0 Å². The number of rotatable bonds is 9. The number of methoxy groups -OCH3 is 2. The van der Waals surface area contributed by atoms with Crippen LogP contribution in [0.1, 0.15) is 25.8 Å². The van der Waals surface area contributed by atoms with Crippen molar-refractivity contribution in [3.05, 3.63) is 17.7 Å². The summed E-state index contributed by atoms with van der Waals surface area (Å²) in [6, 6.07) is 4.12. The molecule has 20 heavy (non-hydrogen) atoms. The number of nitrogens with one attached hydrogen (secondary N) is 1. The summed E-state index contributed by atoms with van der Waals surface area (Å²) < 4.78 is 10.9. The predicted molar refractivity (Wildman–Crippen MR) is 82.9 cm³/mol. The SMILES string of the molecule is CCSc1cc(OC)c(CC(CC)NC=O)cc1OC. The second kappa shape index (κ2) is 8.74. The monoisotopic (exact) mass is 297 g/mol. The molecule has 0 aromatic heterocycles. The largest absolute Gasteiger partial charge is 0.496 e. The van der Waals surface area contributed by atoms with Gasteiger partial charge in [-0.25, -0.2) is 0 Å². The zero-order chi connectivity index (χ0) is 15.0. The molecular weight excluding hydrogens is 274 g/mol. The summed E-state index contributed by atoms with van der Waals surface area (Å²) in [6.07, 6.45) is 2.35. The van der Waals surface area contributed by atoms with Gasteiger partial charge in [0.05, 0.1) is 19.1 Å². The number of carbonyl (C=O) groups is 1. The standard InChI is InChI=1S/C15H23NO3S/c1-5-12(16-10-17)7-11-8-14(19-4)15(20-6-2)9-13(11)18-3/h8-10,12H,5-7H2,1-4H3,(H,16,17). The molecular formula is C15H23NO3S. The van der Waals surface area contributed by atoms with E-state index in [1.807, 2.05) is 19.1 Å². The minimum atomic E-state index is 0.107. The van der Waals surface area contributed by atoms with E-state index in [0.717, 1.165) is 47.0 Å². The van der Waals surface area contributed by atoms with Gasteiger partial charge in [-0.1, -0.05) is 13.8 Å². The Morgan fingerprint density at radius 3 is 2.45 bits per heavy atom. The van der Waals surface area contributed by atoms with Gasteiger partial charge < -0.3 is 14.8 Å². The molecule has 0 aliphatic heterocycles. The molecule has 0 spiro atoms. The van der Waals surface area contributed by atoms with Crippen LogP contribution in [0, 0.1) is 0 Å². The van der Waals surface area contributed by atoms with Gasteiger partial charge in [-0.05, 0) is 36.3 Å². The fourth-order valence-electron chi connectivity index (χ4n) is 2.04. The number of hydrogen-bond acceptors (Lipinski definition) is 4. The number of hydrogen-bond donors (Lipinski definition) is 1. The highest BCUT2D eigenvalue weighted by molar-refractivity contribution is 7.99. The van der Waals surface area contributed by atoms with Gasteiger partial charge in [-0.15, -0.1) is 11.8 Å². The lowest BCUT2D eigenvalue weighted by Crippen LogP contribution is -2.29. The Balaban J connectivity index is 3.07. The number of thioether (sulfide) groups is 1. The van der Waals surface area contributed by atoms with Crippen LogP contribution in [0.15, 0.2) is 17.0 Å². The third-order valence-corrected chi connectivity index (χ3v) is 4.05. The van der Waals surface area contributed by atoms with Gasteiger partial charge in [0.15, 0.2) is 0 Å². The average Bonchev–Trinajstić information content (AvgIpc) is 2.47. The van der Waals surface area contributed by atoms with Crippen molar-refractivity contribution in [2.24, 2.45) is 0 Å². The van der Waals surface area contributed by atoms with Crippen molar-refractivity contribution in [2.75, 3.05) is 20.0 Å². The number of ether oxygens (including phenoxy) is 2. The van der Waals surface area contributed by atoms with E-state index in [0.29, 0.717) is 0 Å². The molecule has 0 radical (unpaired) electrons. The van der Waals surface area contributed by atoms with E-state index in [4.69, 9.17) is 9.47 Å². The summed E-state index contributed by atoms with van der Waals surface area (Å²) in [4.78, 5) is 11.7. The topological polar surface area (TPSA) is 47.6 Å². The van der Waals surface area contributed by atoms with E-state index in [1.165, 1.54) is 0 Å². The lowest BCUT2D eigenvalue weighted by atomic mass is 10.0. The maximum absolute atomic E-state index is 10.6. The lowest BCUT2D eigenvalue weighted by molar-refractivity contribution is -0.110. The molecule has 1 rings (SSSR count). The summed E-state index contributed by atoms with van der Waals surface area (Å²) in [7, 11) is 3.34. The van der Waals surface area contributed by atoms with Crippen LogP contribution in [0.3, 0.4) is 0 Å². The van der Waals surface area contributed by atoms with Crippen LogP contribution in [-0.2, 0) is 11.2 Å². The van der Waals surface area contributed by atoms with E-state index < -0.39 is 0 Å². The molecule has 1 N–H and O–H groups in total. The normalized spacial score (nSPS) is 11.8. The van der Waals surface area contributed by atoms with Crippen molar-refractivity contribution in [2.45, 2.75) is 37.6 Å². The van der Waals surface area contributed by atoms with Crippen LogP contribution in [0.2, 0.25) is 0 Å². The molecule has 1 atom stereocenters. The maximum atomic E-state index is 10.6. The predicted octanol–water partition coefficient (Wildman–Crippen LogP) is 2.88. The van der Waals surface area contributed by atoms with Gasteiger partial charge in [-0.2, -0.15) is 0 Å². The summed E-state index contributed by atoms with van der Waals surface area (Å²) in [5.74, 6) is 2.67. The van der Waals surface area contributed by atoms with Crippen LogP contribution >= 0.6 is 11.8 Å². The lowest BCUT2D eigenvalue weighted by Gasteiger charge is -2.18. The van der Waals surface area contributed by atoms with Crippen LogP contribution < -0.4 is 14.8 Å². The van der Waals surface area contributed by atoms with E-state index >= 15 is 0 Å². The first-order valence-electron chi connectivity index (χ1n) is 6.77. The van der Waals surface area contributed by atoms with E-state index in [1.54, 1.807) is 26.0 Å². The fourth-order valence-corrected chi connectivity index (χ4v) is 2.83. The second-order valence-electron chi connectivity index (χ2n) is 4.34. The Hall–Kier alpha value is -1.36. The van der Waals surface area contributed by atoms with Gasteiger partial charge in [0.25, 0.3) is 0 Å². The zero-order valence-corrected chi connectivity index (χ0v) is 13.4. The van der Waals surface area contributed by atoms with Crippen LogP contribution in [0.25, 0.3) is 0 Å². The molecule has 0 saturated carbocycles. The molecule has 0 saturated heterocycles. The molecule has 1 aromatic rings. The van der Waals surface area contributed by atoms with Crippen molar-refractivity contribution in [3.63, 3.8) is 0 Å². The van der Waals surface area contributed by atoms with Crippen LogP contribution in [-0.4, -0.2) is 32.4 Å². The average molecular weight is 297 g/mol. The van der Waals surface area contributed by atoms with E-state index in [2.05, 4.69) is 12.2 Å². The van der Waals surface area contributed by atoms with E-state index in [-0.39, 0.29) is 6.04 Å². The molecule has 112 valence electrons.